The largest absolute Gasteiger partial charge is 0.490 e. The Morgan fingerprint density at radius 3 is 2.67 bits per heavy atom. The minimum absolute atomic E-state index is 0.209. The van der Waals surface area contributed by atoms with Crippen molar-refractivity contribution < 1.29 is 4.74 Å². The second kappa shape index (κ2) is 7.12. The molecule has 0 saturated carbocycles. The van der Waals surface area contributed by atoms with Crippen molar-refractivity contribution in [2.75, 3.05) is 31.1 Å². The third-order valence-electron chi connectivity index (χ3n) is 3.89. The van der Waals surface area contributed by atoms with Gasteiger partial charge in [-0.2, -0.15) is 0 Å². The van der Waals surface area contributed by atoms with Gasteiger partial charge in [0.1, 0.15) is 0 Å². The lowest BCUT2D eigenvalue weighted by molar-refractivity contribution is 0.321. The third kappa shape index (κ3) is 4.88. The summed E-state index contributed by atoms with van der Waals surface area (Å²) in [6.07, 6.45) is 4.28. The monoisotopic (exact) mass is 291 g/mol. The van der Waals surface area contributed by atoms with Gasteiger partial charge in [0.25, 0.3) is 0 Å². The van der Waals surface area contributed by atoms with Crippen LogP contribution in [0.4, 0.5) is 5.82 Å². The number of piperidine rings is 1. The van der Waals surface area contributed by atoms with E-state index in [-0.39, 0.29) is 5.54 Å². The molecule has 0 spiro atoms. The molecule has 0 unspecified atom stereocenters. The summed E-state index contributed by atoms with van der Waals surface area (Å²) in [7, 11) is 0. The Labute approximate surface area is 128 Å². The molecule has 2 heterocycles. The second-order valence-corrected chi connectivity index (χ2v) is 6.82. The SMILES string of the molecule is CCOc1cccnc1N1CCC(CNC(C)(C)C)CC1. The maximum atomic E-state index is 5.69. The molecule has 1 saturated heterocycles. The Kier molecular flexibility index (Phi) is 5.45. The number of rotatable bonds is 5. The highest BCUT2D eigenvalue weighted by molar-refractivity contribution is 5.52. The summed E-state index contributed by atoms with van der Waals surface area (Å²) in [6, 6.07) is 3.95. The molecule has 0 amide bonds. The van der Waals surface area contributed by atoms with E-state index in [1.54, 1.807) is 0 Å². The molecule has 0 aliphatic carbocycles. The number of nitrogens with one attached hydrogen (secondary N) is 1. The van der Waals surface area contributed by atoms with Crippen molar-refractivity contribution in [3.8, 4) is 5.75 Å². The van der Waals surface area contributed by atoms with Gasteiger partial charge in [0.2, 0.25) is 0 Å². The zero-order valence-electron chi connectivity index (χ0n) is 13.9. The van der Waals surface area contributed by atoms with E-state index in [2.05, 4.69) is 36.0 Å². The Bertz CT molecular complexity index is 434. The van der Waals surface area contributed by atoms with Gasteiger partial charge in [-0.1, -0.05) is 0 Å². The van der Waals surface area contributed by atoms with Crippen LogP contribution in [0, 0.1) is 5.92 Å². The summed E-state index contributed by atoms with van der Waals surface area (Å²) < 4.78 is 5.69. The first-order chi connectivity index (χ1) is 9.99. The fourth-order valence-electron chi connectivity index (χ4n) is 2.69. The molecular weight excluding hydrogens is 262 g/mol. The molecule has 4 nitrogen and oxygen atoms in total. The van der Waals surface area contributed by atoms with Crippen LogP contribution in [-0.2, 0) is 0 Å². The normalized spacial score (nSPS) is 17.0. The number of anilines is 1. The Hall–Kier alpha value is -1.29. The lowest BCUT2D eigenvalue weighted by Crippen LogP contribution is -2.43. The average molecular weight is 291 g/mol. The highest BCUT2D eigenvalue weighted by Crippen LogP contribution is 2.29. The number of hydrogen-bond acceptors (Lipinski definition) is 4. The van der Waals surface area contributed by atoms with Crippen molar-refractivity contribution in [3.63, 3.8) is 0 Å². The van der Waals surface area contributed by atoms with Gasteiger partial charge in [0, 0.05) is 24.8 Å². The lowest BCUT2D eigenvalue weighted by Gasteiger charge is -2.35. The van der Waals surface area contributed by atoms with Crippen molar-refractivity contribution in [2.45, 2.75) is 46.1 Å². The fraction of sp³-hybridized carbons (Fsp3) is 0.706. The van der Waals surface area contributed by atoms with E-state index < -0.39 is 0 Å². The van der Waals surface area contributed by atoms with Crippen LogP contribution in [0.5, 0.6) is 5.75 Å². The summed E-state index contributed by atoms with van der Waals surface area (Å²) in [5.74, 6) is 2.67. The predicted molar refractivity (Wildman–Crippen MR) is 88.1 cm³/mol. The van der Waals surface area contributed by atoms with Crippen LogP contribution in [-0.4, -0.2) is 36.8 Å². The molecule has 4 heteroatoms. The first kappa shape index (κ1) is 16.1. The molecule has 1 aliphatic rings. The summed E-state index contributed by atoms with van der Waals surface area (Å²) in [4.78, 5) is 6.88. The summed E-state index contributed by atoms with van der Waals surface area (Å²) in [5, 5.41) is 3.62. The molecule has 118 valence electrons. The van der Waals surface area contributed by atoms with Crippen LogP contribution in [0.2, 0.25) is 0 Å². The summed E-state index contributed by atoms with van der Waals surface area (Å²) >= 11 is 0. The zero-order chi connectivity index (χ0) is 15.3. The van der Waals surface area contributed by atoms with E-state index in [0.29, 0.717) is 6.61 Å². The molecule has 2 rings (SSSR count). The Morgan fingerprint density at radius 2 is 2.05 bits per heavy atom. The highest BCUT2D eigenvalue weighted by Gasteiger charge is 2.23. The molecule has 0 radical (unpaired) electrons. The standard InChI is InChI=1S/C17H29N3O/c1-5-21-15-7-6-10-18-16(15)20-11-8-14(9-12-20)13-19-17(2,3)4/h6-7,10,14,19H,5,8-9,11-13H2,1-4H3. The van der Waals surface area contributed by atoms with E-state index in [1.165, 1.54) is 12.8 Å². The quantitative estimate of drug-likeness (QED) is 0.904. The van der Waals surface area contributed by atoms with Crippen LogP contribution in [0.3, 0.4) is 0 Å². The predicted octanol–water partition coefficient (Wildman–Crippen LogP) is 3.08. The number of hydrogen-bond donors (Lipinski definition) is 1. The van der Waals surface area contributed by atoms with Gasteiger partial charge in [-0.25, -0.2) is 4.98 Å². The number of pyridine rings is 1. The van der Waals surface area contributed by atoms with Crippen molar-refractivity contribution in [3.05, 3.63) is 18.3 Å². The average Bonchev–Trinajstić information content (AvgIpc) is 2.46. The minimum atomic E-state index is 0.209. The zero-order valence-corrected chi connectivity index (χ0v) is 13.9. The van der Waals surface area contributed by atoms with Crippen LogP contribution in [0.25, 0.3) is 0 Å². The smallest absolute Gasteiger partial charge is 0.171 e. The van der Waals surface area contributed by atoms with Crippen molar-refractivity contribution in [2.24, 2.45) is 5.92 Å². The molecule has 1 fully saturated rings. The third-order valence-corrected chi connectivity index (χ3v) is 3.89. The molecule has 21 heavy (non-hydrogen) atoms. The van der Waals surface area contributed by atoms with Crippen LogP contribution >= 0.6 is 0 Å². The highest BCUT2D eigenvalue weighted by atomic mass is 16.5. The number of nitrogens with zero attached hydrogens (tertiary/aromatic N) is 2. The summed E-state index contributed by atoms with van der Waals surface area (Å²) in [6.45, 7) is 12.6. The first-order valence-electron chi connectivity index (χ1n) is 8.07. The van der Waals surface area contributed by atoms with Crippen molar-refractivity contribution >= 4 is 5.82 Å². The number of aromatic nitrogens is 1. The van der Waals surface area contributed by atoms with Crippen LogP contribution in [0.15, 0.2) is 18.3 Å². The van der Waals surface area contributed by atoms with Crippen molar-refractivity contribution in [1.82, 2.24) is 10.3 Å². The lowest BCUT2D eigenvalue weighted by atomic mass is 9.95. The van der Waals surface area contributed by atoms with E-state index >= 15 is 0 Å². The van der Waals surface area contributed by atoms with Gasteiger partial charge in [0.15, 0.2) is 11.6 Å². The van der Waals surface area contributed by atoms with Gasteiger partial charge in [-0.3, -0.25) is 0 Å². The molecule has 1 aromatic rings. The van der Waals surface area contributed by atoms with Gasteiger partial charge in [0.05, 0.1) is 6.61 Å². The maximum Gasteiger partial charge on any atom is 0.171 e. The van der Waals surface area contributed by atoms with Crippen LogP contribution < -0.4 is 15.0 Å². The van der Waals surface area contributed by atoms with E-state index in [9.17, 15) is 0 Å². The molecular formula is C17H29N3O. The summed E-state index contributed by atoms with van der Waals surface area (Å²) in [5.41, 5.74) is 0.209. The Morgan fingerprint density at radius 1 is 1.33 bits per heavy atom. The molecule has 1 N–H and O–H groups in total. The van der Waals surface area contributed by atoms with E-state index in [1.807, 2.05) is 25.3 Å². The first-order valence-corrected chi connectivity index (χ1v) is 8.07. The van der Waals surface area contributed by atoms with E-state index in [4.69, 9.17) is 4.74 Å². The van der Waals surface area contributed by atoms with Crippen molar-refractivity contribution in [1.29, 1.82) is 0 Å². The fourth-order valence-corrected chi connectivity index (χ4v) is 2.69. The Balaban J connectivity index is 1.89. The molecule has 0 bridgehead atoms. The van der Waals surface area contributed by atoms with Gasteiger partial charge in [-0.05, 0) is 65.1 Å². The topological polar surface area (TPSA) is 37.4 Å². The van der Waals surface area contributed by atoms with Gasteiger partial charge >= 0.3 is 0 Å². The minimum Gasteiger partial charge on any atom is -0.490 e. The van der Waals surface area contributed by atoms with Gasteiger partial charge in [-0.15, -0.1) is 0 Å². The molecule has 1 aromatic heterocycles. The molecule has 1 aliphatic heterocycles. The number of ether oxygens (including phenoxy) is 1. The van der Waals surface area contributed by atoms with Crippen LogP contribution in [0.1, 0.15) is 40.5 Å². The molecule has 0 atom stereocenters. The molecule has 0 aromatic carbocycles. The second-order valence-electron chi connectivity index (χ2n) is 6.82. The maximum absolute atomic E-state index is 5.69. The van der Waals surface area contributed by atoms with Gasteiger partial charge < -0.3 is 15.0 Å². The van der Waals surface area contributed by atoms with E-state index in [0.717, 1.165) is 37.1 Å².